The highest BCUT2D eigenvalue weighted by Crippen LogP contribution is 2.44. The standard InChI is InChI=1S/C27H26N2O7S/c1-6-36-18-10-7-16(8-11-18)21-20(22(30)17-9-12-19(34-4)14(2)13-17)23(31)25(32)29(21)27-28-15(3)24(37-27)26(33)35-5/h7-13,21,30H,6H2,1-5H3/b22-20+/t21-/m0/s1. The number of rotatable bonds is 7. The summed E-state index contributed by atoms with van der Waals surface area (Å²) in [5.74, 6) is -1.41. The summed E-state index contributed by atoms with van der Waals surface area (Å²) in [5, 5.41) is 11.5. The van der Waals surface area contributed by atoms with E-state index in [0.717, 1.165) is 16.9 Å². The van der Waals surface area contributed by atoms with Crippen LogP contribution in [0.4, 0.5) is 5.13 Å². The number of methoxy groups -OCH3 is 2. The minimum absolute atomic E-state index is 0.0915. The zero-order valence-electron chi connectivity index (χ0n) is 21.0. The number of carbonyl (C=O) groups excluding carboxylic acids is 3. The maximum atomic E-state index is 13.4. The molecule has 1 aromatic heterocycles. The highest BCUT2D eigenvalue weighted by atomic mass is 32.1. The molecule has 1 saturated heterocycles. The molecule has 3 aromatic rings. The van der Waals surface area contributed by atoms with Crippen LogP contribution < -0.4 is 14.4 Å². The molecule has 9 nitrogen and oxygen atoms in total. The minimum atomic E-state index is -0.992. The highest BCUT2D eigenvalue weighted by molar-refractivity contribution is 7.17. The lowest BCUT2D eigenvalue weighted by Gasteiger charge is -2.23. The predicted octanol–water partition coefficient (Wildman–Crippen LogP) is 4.58. The summed E-state index contributed by atoms with van der Waals surface area (Å²) in [4.78, 5) is 44.8. The number of amides is 1. The van der Waals surface area contributed by atoms with Crippen LogP contribution in [0.3, 0.4) is 0 Å². The molecule has 1 N–H and O–H groups in total. The van der Waals surface area contributed by atoms with Gasteiger partial charge in [-0.3, -0.25) is 14.5 Å². The van der Waals surface area contributed by atoms with Crippen LogP contribution in [0, 0.1) is 13.8 Å². The van der Waals surface area contributed by atoms with Gasteiger partial charge in [-0.05, 0) is 62.2 Å². The van der Waals surface area contributed by atoms with Crippen molar-refractivity contribution in [1.29, 1.82) is 0 Å². The number of nitrogens with zero attached hydrogens (tertiary/aromatic N) is 2. The van der Waals surface area contributed by atoms with Gasteiger partial charge < -0.3 is 19.3 Å². The van der Waals surface area contributed by atoms with Crippen LogP contribution in [0.5, 0.6) is 11.5 Å². The van der Waals surface area contributed by atoms with Crippen molar-refractivity contribution < 1.29 is 33.7 Å². The van der Waals surface area contributed by atoms with Crippen LogP contribution in [0.1, 0.15) is 45.0 Å². The van der Waals surface area contributed by atoms with Crippen LogP contribution in [-0.2, 0) is 14.3 Å². The van der Waals surface area contributed by atoms with Gasteiger partial charge in [-0.1, -0.05) is 23.5 Å². The fourth-order valence-electron chi connectivity index (χ4n) is 4.21. The number of aryl methyl sites for hydroxylation is 2. The zero-order valence-corrected chi connectivity index (χ0v) is 21.8. The maximum Gasteiger partial charge on any atom is 0.350 e. The molecule has 1 aliphatic heterocycles. The van der Waals surface area contributed by atoms with E-state index in [-0.39, 0.29) is 21.3 Å². The number of esters is 1. The Morgan fingerprint density at radius 1 is 1.11 bits per heavy atom. The van der Waals surface area contributed by atoms with E-state index in [0.29, 0.717) is 34.9 Å². The van der Waals surface area contributed by atoms with E-state index >= 15 is 0 Å². The predicted molar refractivity (Wildman–Crippen MR) is 138 cm³/mol. The van der Waals surface area contributed by atoms with Gasteiger partial charge in [-0.25, -0.2) is 9.78 Å². The van der Waals surface area contributed by atoms with Crippen molar-refractivity contribution >= 4 is 39.9 Å². The molecular weight excluding hydrogens is 496 g/mol. The van der Waals surface area contributed by atoms with Crippen LogP contribution in [0.25, 0.3) is 5.76 Å². The van der Waals surface area contributed by atoms with Crippen molar-refractivity contribution in [2.45, 2.75) is 26.8 Å². The fraction of sp³-hybridized carbons (Fsp3) is 0.259. The fourth-order valence-corrected chi connectivity index (χ4v) is 5.22. The number of carbonyl (C=O) groups is 3. The molecule has 1 atom stereocenters. The molecule has 0 spiro atoms. The van der Waals surface area contributed by atoms with E-state index in [1.54, 1.807) is 49.4 Å². The Labute approximate surface area is 217 Å². The van der Waals surface area contributed by atoms with Crippen molar-refractivity contribution in [3.8, 4) is 11.5 Å². The number of Topliss-reactive ketones (excluding diaryl/α,β-unsaturated/α-hetero) is 1. The molecule has 0 aliphatic carbocycles. The van der Waals surface area contributed by atoms with E-state index in [1.165, 1.54) is 19.1 Å². The molecule has 1 fully saturated rings. The summed E-state index contributed by atoms with van der Waals surface area (Å²) in [6.45, 7) is 5.77. The molecule has 37 heavy (non-hydrogen) atoms. The Hall–Kier alpha value is -4.18. The lowest BCUT2D eigenvalue weighted by Crippen LogP contribution is -2.29. The summed E-state index contributed by atoms with van der Waals surface area (Å²) in [5.41, 5.74) is 1.94. The lowest BCUT2D eigenvalue weighted by molar-refractivity contribution is -0.132. The molecular formula is C27H26N2O7S. The molecule has 0 bridgehead atoms. The molecule has 0 unspecified atom stereocenters. The van der Waals surface area contributed by atoms with E-state index < -0.39 is 23.7 Å². The van der Waals surface area contributed by atoms with Crippen LogP contribution >= 0.6 is 11.3 Å². The average molecular weight is 523 g/mol. The molecule has 1 aliphatic rings. The van der Waals surface area contributed by atoms with Crippen molar-refractivity contribution in [3.05, 3.63) is 75.3 Å². The summed E-state index contributed by atoms with van der Waals surface area (Å²) in [6.07, 6.45) is 0. The van der Waals surface area contributed by atoms with Gasteiger partial charge in [-0.2, -0.15) is 0 Å². The third kappa shape index (κ3) is 4.67. The van der Waals surface area contributed by atoms with Crippen molar-refractivity contribution in [2.24, 2.45) is 0 Å². The maximum absolute atomic E-state index is 13.4. The summed E-state index contributed by atoms with van der Waals surface area (Å²) < 4.78 is 15.7. The lowest BCUT2D eigenvalue weighted by atomic mass is 9.95. The third-order valence-electron chi connectivity index (χ3n) is 5.98. The molecule has 192 valence electrons. The van der Waals surface area contributed by atoms with Crippen molar-refractivity contribution in [1.82, 2.24) is 4.98 Å². The van der Waals surface area contributed by atoms with E-state index in [9.17, 15) is 19.5 Å². The van der Waals surface area contributed by atoms with Gasteiger partial charge >= 0.3 is 11.9 Å². The number of aliphatic hydroxyl groups is 1. The monoisotopic (exact) mass is 522 g/mol. The molecule has 0 radical (unpaired) electrons. The van der Waals surface area contributed by atoms with Gasteiger partial charge in [0.05, 0.1) is 38.1 Å². The largest absolute Gasteiger partial charge is 0.507 e. The van der Waals surface area contributed by atoms with Gasteiger partial charge in [0.25, 0.3) is 5.78 Å². The smallest absolute Gasteiger partial charge is 0.350 e. The van der Waals surface area contributed by atoms with E-state index in [4.69, 9.17) is 14.2 Å². The summed E-state index contributed by atoms with van der Waals surface area (Å²) in [6, 6.07) is 10.9. The SMILES string of the molecule is CCOc1ccc([C@H]2/C(=C(\O)c3ccc(OC)c(C)c3)C(=O)C(=O)N2c2nc(C)c(C(=O)OC)s2)cc1. The van der Waals surface area contributed by atoms with Crippen LogP contribution in [-0.4, -0.2) is 48.6 Å². The first-order valence-electron chi connectivity index (χ1n) is 11.5. The van der Waals surface area contributed by atoms with Gasteiger partial charge in [-0.15, -0.1) is 0 Å². The average Bonchev–Trinajstić information content (AvgIpc) is 3.40. The Balaban J connectivity index is 1.91. The minimum Gasteiger partial charge on any atom is -0.507 e. The summed E-state index contributed by atoms with van der Waals surface area (Å²) >= 11 is 0.944. The third-order valence-corrected chi connectivity index (χ3v) is 7.12. The molecule has 2 heterocycles. The molecule has 0 saturated carbocycles. The van der Waals surface area contributed by atoms with Gasteiger partial charge in [0.1, 0.15) is 22.1 Å². The Morgan fingerprint density at radius 3 is 2.41 bits per heavy atom. The van der Waals surface area contributed by atoms with Crippen LogP contribution in [0.15, 0.2) is 48.0 Å². The topological polar surface area (TPSA) is 115 Å². The van der Waals surface area contributed by atoms with Crippen molar-refractivity contribution in [3.63, 3.8) is 0 Å². The first-order valence-corrected chi connectivity index (χ1v) is 12.3. The number of ether oxygens (including phenoxy) is 3. The Bertz CT molecular complexity index is 1410. The van der Waals surface area contributed by atoms with Gasteiger partial charge in [0.15, 0.2) is 5.13 Å². The number of aromatic nitrogens is 1. The molecule has 4 rings (SSSR count). The van der Waals surface area contributed by atoms with Crippen LogP contribution in [0.2, 0.25) is 0 Å². The van der Waals surface area contributed by atoms with E-state index in [2.05, 4.69) is 4.98 Å². The number of benzene rings is 2. The van der Waals surface area contributed by atoms with E-state index in [1.807, 2.05) is 13.8 Å². The Kier molecular flexibility index (Phi) is 7.30. The number of thiazole rings is 1. The number of hydrogen-bond donors (Lipinski definition) is 1. The molecule has 2 aromatic carbocycles. The van der Waals surface area contributed by atoms with Gasteiger partial charge in [0, 0.05) is 5.56 Å². The zero-order chi connectivity index (χ0) is 26.9. The number of aliphatic hydroxyl groups excluding tert-OH is 1. The Morgan fingerprint density at radius 2 is 1.81 bits per heavy atom. The highest BCUT2D eigenvalue weighted by Gasteiger charge is 2.48. The second kappa shape index (κ2) is 10.4. The first-order chi connectivity index (χ1) is 17.7. The summed E-state index contributed by atoms with van der Waals surface area (Å²) in [7, 11) is 2.79. The molecule has 10 heteroatoms. The number of anilines is 1. The first kappa shape index (κ1) is 25.9. The molecule has 1 amide bonds. The number of ketones is 1. The second-order valence-corrected chi connectivity index (χ2v) is 9.24. The van der Waals surface area contributed by atoms with Gasteiger partial charge in [0.2, 0.25) is 0 Å². The van der Waals surface area contributed by atoms with Crippen molar-refractivity contribution in [2.75, 3.05) is 25.7 Å². The number of hydrogen-bond acceptors (Lipinski definition) is 9. The second-order valence-electron chi connectivity index (χ2n) is 8.26. The quantitative estimate of drug-likeness (QED) is 0.208. The normalized spacial score (nSPS) is 16.7.